The summed E-state index contributed by atoms with van der Waals surface area (Å²) < 4.78 is 17.8. The molecule has 1 rings (SSSR count). The van der Waals surface area contributed by atoms with Gasteiger partial charge in [0.05, 0.1) is 13.2 Å². The molecule has 1 saturated heterocycles. The molecule has 1 aliphatic heterocycles. The highest BCUT2D eigenvalue weighted by Crippen LogP contribution is 2.30. The summed E-state index contributed by atoms with van der Waals surface area (Å²) in [6.45, 7) is 15.3. The summed E-state index contributed by atoms with van der Waals surface area (Å²) in [6.07, 6.45) is 35.3. The Morgan fingerprint density at radius 2 is 1.04 bits per heavy atom. The zero-order valence-electron chi connectivity index (χ0n) is 35.4. The third-order valence-electron chi connectivity index (χ3n) is 11.1. The first-order chi connectivity index (χ1) is 24.9. The van der Waals surface area contributed by atoms with Crippen molar-refractivity contribution in [1.29, 1.82) is 0 Å². The van der Waals surface area contributed by atoms with Crippen LogP contribution in [0.4, 0.5) is 0 Å². The third-order valence-corrected chi connectivity index (χ3v) is 11.1. The van der Waals surface area contributed by atoms with Gasteiger partial charge in [-0.1, -0.05) is 150 Å². The summed E-state index contributed by atoms with van der Waals surface area (Å²) in [5, 5.41) is 0. The number of hydrogen-bond donors (Lipinski definition) is 0. The van der Waals surface area contributed by atoms with Crippen LogP contribution in [0.1, 0.15) is 207 Å². The average molecular weight is 723 g/mol. The van der Waals surface area contributed by atoms with Crippen LogP contribution in [0.3, 0.4) is 0 Å². The maximum Gasteiger partial charge on any atom is 0.305 e. The number of carbonyl (C=O) groups is 1. The molecule has 4 unspecified atom stereocenters. The molecule has 0 aromatic carbocycles. The molecule has 4 atom stereocenters. The Hall–Kier alpha value is -0.690. The highest BCUT2D eigenvalue weighted by Gasteiger charge is 2.39. The van der Waals surface area contributed by atoms with Crippen molar-refractivity contribution in [3.8, 4) is 0 Å². The lowest BCUT2D eigenvalue weighted by Crippen LogP contribution is -2.33. The van der Waals surface area contributed by atoms with E-state index in [0.717, 1.165) is 39.0 Å². The molecule has 6 nitrogen and oxygen atoms in total. The standard InChI is InChI=1S/C45H90N2O4/c1-7-11-15-23-31-41(29-13-9-3)39-49-44(48)34-26-20-18-22-28-36-47(38-37-46(5)6)35-27-21-17-19-25-33-43-45(51-43)50-40-42(30-14-10-4)32-24-16-12-8-2/h41-43,45H,7-40H2,1-6H3. The van der Waals surface area contributed by atoms with Crippen LogP contribution in [0.25, 0.3) is 0 Å². The zero-order chi connectivity index (χ0) is 37.2. The molecule has 0 aromatic heterocycles. The maximum atomic E-state index is 12.4. The smallest absolute Gasteiger partial charge is 0.305 e. The number of ether oxygens (including phenoxy) is 3. The van der Waals surface area contributed by atoms with E-state index in [1.54, 1.807) is 0 Å². The zero-order valence-corrected chi connectivity index (χ0v) is 35.4. The summed E-state index contributed by atoms with van der Waals surface area (Å²) in [5.74, 6) is 1.29. The van der Waals surface area contributed by atoms with Gasteiger partial charge in [0.15, 0.2) is 6.29 Å². The molecule has 6 heteroatoms. The lowest BCUT2D eigenvalue weighted by Gasteiger charge is -2.24. The molecule has 0 saturated carbocycles. The van der Waals surface area contributed by atoms with Gasteiger partial charge < -0.3 is 24.0 Å². The molecule has 0 bridgehead atoms. The minimum Gasteiger partial charge on any atom is -0.465 e. The fraction of sp³-hybridized carbons (Fsp3) is 0.978. The van der Waals surface area contributed by atoms with Crippen molar-refractivity contribution in [2.75, 3.05) is 53.5 Å². The molecule has 0 aliphatic carbocycles. The Morgan fingerprint density at radius 3 is 1.61 bits per heavy atom. The summed E-state index contributed by atoms with van der Waals surface area (Å²) in [4.78, 5) is 17.4. The van der Waals surface area contributed by atoms with E-state index >= 15 is 0 Å². The van der Waals surface area contributed by atoms with Gasteiger partial charge in [-0.15, -0.1) is 0 Å². The first-order valence-corrected chi connectivity index (χ1v) is 22.7. The molecule has 0 spiro atoms. The molecule has 1 heterocycles. The number of rotatable bonds is 40. The number of hydrogen-bond acceptors (Lipinski definition) is 6. The van der Waals surface area contributed by atoms with Crippen LogP contribution in [0.15, 0.2) is 0 Å². The molecule has 0 N–H and O–H groups in total. The molecule has 0 radical (unpaired) electrons. The summed E-state index contributed by atoms with van der Waals surface area (Å²) in [7, 11) is 4.36. The number of epoxide rings is 1. The Bertz CT molecular complexity index is 750. The van der Waals surface area contributed by atoms with Crippen molar-refractivity contribution in [2.45, 2.75) is 220 Å². The van der Waals surface area contributed by atoms with Crippen LogP contribution in [0.2, 0.25) is 0 Å². The second-order valence-electron chi connectivity index (χ2n) is 16.5. The average Bonchev–Trinajstić information content (AvgIpc) is 3.88. The Balaban J connectivity index is 2.12. The molecule has 1 fully saturated rings. The number of nitrogens with zero attached hydrogens (tertiary/aromatic N) is 2. The van der Waals surface area contributed by atoms with E-state index in [1.807, 2.05) is 0 Å². The van der Waals surface area contributed by atoms with Gasteiger partial charge in [0, 0.05) is 19.5 Å². The largest absolute Gasteiger partial charge is 0.465 e. The Kier molecular flexibility index (Phi) is 33.2. The number of esters is 1. The minimum atomic E-state index is 0.0219. The Morgan fingerprint density at radius 1 is 0.549 bits per heavy atom. The van der Waals surface area contributed by atoms with E-state index in [9.17, 15) is 4.79 Å². The van der Waals surface area contributed by atoms with Crippen molar-refractivity contribution < 1.29 is 19.0 Å². The highest BCUT2D eigenvalue weighted by molar-refractivity contribution is 5.69. The van der Waals surface area contributed by atoms with E-state index < -0.39 is 0 Å². The number of carbonyl (C=O) groups excluding carboxylic acids is 1. The van der Waals surface area contributed by atoms with Crippen LogP contribution >= 0.6 is 0 Å². The van der Waals surface area contributed by atoms with Crippen LogP contribution in [0.5, 0.6) is 0 Å². The maximum absolute atomic E-state index is 12.4. The second-order valence-corrected chi connectivity index (χ2v) is 16.5. The van der Waals surface area contributed by atoms with Crippen molar-refractivity contribution in [1.82, 2.24) is 9.80 Å². The predicted octanol–water partition coefficient (Wildman–Crippen LogP) is 12.4. The number of unbranched alkanes of at least 4 members (excludes halogenated alkanes) is 16. The second kappa shape index (κ2) is 35.0. The van der Waals surface area contributed by atoms with Gasteiger partial charge in [-0.05, 0) is 90.4 Å². The van der Waals surface area contributed by atoms with Crippen molar-refractivity contribution >= 4 is 5.97 Å². The summed E-state index contributed by atoms with van der Waals surface area (Å²) in [6, 6.07) is 0. The summed E-state index contributed by atoms with van der Waals surface area (Å²) >= 11 is 0. The van der Waals surface area contributed by atoms with Crippen LogP contribution in [-0.4, -0.2) is 81.7 Å². The van der Waals surface area contributed by atoms with Crippen molar-refractivity contribution in [3.63, 3.8) is 0 Å². The lowest BCUT2D eigenvalue weighted by molar-refractivity contribution is -0.145. The van der Waals surface area contributed by atoms with E-state index in [4.69, 9.17) is 14.2 Å². The van der Waals surface area contributed by atoms with E-state index in [2.05, 4.69) is 51.6 Å². The summed E-state index contributed by atoms with van der Waals surface area (Å²) in [5.41, 5.74) is 0. The van der Waals surface area contributed by atoms with E-state index in [-0.39, 0.29) is 12.3 Å². The van der Waals surface area contributed by atoms with E-state index in [1.165, 1.54) is 167 Å². The fourth-order valence-electron chi connectivity index (χ4n) is 7.34. The Labute approximate surface area is 319 Å². The van der Waals surface area contributed by atoms with Crippen LogP contribution < -0.4 is 0 Å². The van der Waals surface area contributed by atoms with E-state index in [0.29, 0.717) is 31.0 Å². The van der Waals surface area contributed by atoms with Gasteiger partial charge in [-0.2, -0.15) is 0 Å². The van der Waals surface area contributed by atoms with Gasteiger partial charge in [-0.25, -0.2) is 0 Å². The van der Waals surface area contributed by atoms with Crippen LogP contribution in [-0.2, 0) is 19.0 Å². The van der Waals surface area contributed by atoms with Gasteiger partial charge in [-0.3, -0.25) is 4.79 Å². The van der Waals surface area contributed by atoms with Gasteiger partial charge in [0.25, 0.3) is 0 Å². The monoisotopic (exact) mass is 723 g/mol. The molecule has 304 valence electrons. The first kappa shape index (κ1) is 48.3. The van der Waals surface area contributed by atoms with Gasteiger partial charge >= 0.3 is 5.97 Å². The fourth-order valence-corrected chi connectivity index (χ4v) is 7.34. The van der Waals surface area contributed by atoms with Crippen molar-refractivity contribution in [3.05, 3.63) is 0 Å². The normalized spacial score (nSPS) is 17.0. The van der Waals surface area contributed by atoms with Crippen molar-refractivity contribution in [2.24, 2.45) is 11.8 Å². The molecule has 0 aromatic rings. The van der Waals surface area contributed by atoms with Gasteiger partial charge in [0.1, 0.15) is 6.10 Å². The molecule has 0 amide bonds. The molecular weight excluding hydrogens is 633 g/mol. The topological polar surface area (TPSA) is 54.5 Å². The first-order valence-electron chi connectivity index (χ1n) is 22.7. The SMILES string of the molecule is CCCCCCC(CCCC)COC(=O)CCCCCCCN(CCCCCCCC1OC1OCC(CCCC)CCCCCC)CCN(C)C. The number of likely N-dealkylation sites (N-methyl/N-ethyl adjacent to an activating group) is 1. The molecule has 1 aliphatic rings. The highest BCUT2D eigenvalue weighted by atomic mass is 16.8. The minimum absolute atomic E-state index is 0.0219. The predicted molar refractivity (Wildman–Crippen MR) is 220 cm³/mol. The third kappa shape index (κ3) is 30.3. The quantitative estimate of drug-likeness (QED) is 0.0356. The van der Waals surface area contributed by atoms with Crippen LogP contribution in [0, 0.1) is 11.8 Å². The molecule has 51 heavy (non-hydrogen) atoms. The van der Waals surface area contributed by atoms with Gasteiger partial charge in [0.2, 0.25) is 0 Å². The molecular formula is C45H90N2O4. The lowest BCUT2D eigenvalue weighted by atomic mass is 9.96.